The predicted molar refractivity (Wildman–Crippen MR) is 156 cm³/mol. The van der Waals surface area contributed by atoms with Crippen molar-refractivity contribution in [2.75, 3.05) is 30.4 Å². The zero-order chi connectivity index (χ0) is 29.5. The molecular formula is C29H25ClFN3O6S. The Labute approximate surface area is 244 Å². The molecule has 12 heteroatoms. The number of rotatable bonds is 10. The number of halogens is 2. The van der Waals surface area contributed by atoms with E-state index in [4.69, 9.17) is 21.1 Å². The monoisotopic (exact) mass is 597 g/mol. The van der Waals surface area contributed by atoms with E-state index in [0.29, 0.717) is 41.1 Å². The van der Waals surface area contributed by atoms with Gasteiger partial charge in [0.05, 0.1) is 16.5 Å². The van der Waals surface area contributed by atoms with Crippen LogP contribution in [-0.2, 0) is 14.4 Å². The second kappa shape index (κ2) is 13.3. The summed E-state index contributed by atoms with van der Waals surface area (Å²) in [5, 5.41) is 4.46. The molecule has 1 aliphatic heterocycles. The molecule has 0 saturated carbocycles. The SMILES string of the molecule is CCOc1cc(/C=C2/SC(=O)N(CC(=O)Nc3ccc(F)c(Cl)c3)C2=O)ccc1OCC(=O)Nc1cccc(C)c1. The van der Waals surface area contributed by atoms with Crippen LogP contribution in [0.2, 0.25) is 5.02 Å². The van der Waals surface area contributed by atoms with E-state index in [9.17, 15) is 23.6 Å². The van der Waals surface area contributed by atoms with Gasteiger partial charge >= 0.3 is 0 Å². The number of amides is 4. The molecule has 0 aliphatic carbocycles. The van der Waals surface area contributed by atoms with Crippen LogP contribution in [0.4, 0.5) is 20.6 Å². The maximum absolute atomic E-state index is 13.4. The van der Waals surface area contributed by atoms with Crippen molar-refractivity contribution in [2.45, 2.75) is 13.8 Å². The van der Waals surface area contributed by atoms with E-state index in [1.54, 1.807) is 31.2 Å². The molecule has 0 unspecified atom stereocenters. The highest BCUT2D eigenvalue weighted by molar-refractivity contribution is 8.18. The number of nitrogens with zero attached hydrogens (tertiary/aromatic N) is 1. The van der Waals surface area contributed by atoms with Gasteiger partial charge in [-0.3, -0.25) is 24.1 Å². The van der Waals surface area contributed by atoms with Crippen LogP contribution in [0.15, 0.2) is 65.6 Å². The van der Waals surface area contributed by atoms with E-state index in [2.05, 4.69) is 10.6 Å². The minimum Gasteiger partial charge on any atom is -0.490 e. The summed E-state index contributed by atoms with van der Waals surface area (Å²) in [6, 6.07) is 15.9. The summed E-state index contributed by atoms with van der Waals surface area (Å²) < 4.78 is 24.7. The zero-order valence-electron chi connectivity index (χ0n) is 22.0. The van der Waals surface area contributed by atoms with Crippen LogP contribution < -0.4 is 20.1 Å². The van der Waals surface area contributed by atoms with E-state index in [1.807, 2.05) is 25.1 Å². The molecule has 1 aliphatic rings. The molecule has 1 saturated heterocycles. The standard InChI is InChI=1S/C29H25ClFN3O6S/c1-3-39-24-12-18(7-10-23(24)40-16-27(36)33-19-6-4-5-17(2)11-19)13-25-28(37)34(29(38)41-25)15-26(35)32-20-8-9-22(31)21(30)14-20/h4-14H,3,15-16H2,1-2H3,(H,32,35)(H,33,36)/b25-13+. The van der Waals surface area contributed by atoms with Gasteiger partial charge in [0.25, 0.3) is 17.1 Å². The van der Waals surface area contributed by atoms with Crippen molar-refractivity contribution in [1.29, 1.82) is 0 Å². The number of thioether (sulfide) groups is 1. The molecule has 0 spiro atoms. The van der Waals surface area contributed by atoms with Gasteiger partial charge in [-0.15, -0.1) is 0 Å². The Bertz CT molecular complexity index is 1550. The number of benzene rings is 3. The maximum atomic E-state index is 13.4. The first-order chi connectivity index (χ1) is 19.6. The molecule has 3 aromatic rings. The molecule has 3 aromatic carbocycles. The number of aryl methyl sites for hydroxylation is 1. The lowest BCUT2D eigenvalue weighted by atomic mass is 10.2. The van der Waals surface area contributed by atoms with E-state index >= 15 is 0 Å². The normalized spacial score (nSPS) is 13.9. The average molecular weight is 598 g/mol. The largest absolute Gasteiger partial charge is 0.490 e. The highest BCUT2D eigenvalue weighted by Gasteiger charge is 2.36. The number of ether oxygens (including phenoxy) is 2. The number of anilines is 2. The Morgan fingerprint density at radius 1 is 0.976 bits per heavy atom. The lowest BCUT2D eigenvalue weighted by molar-refractivity contribution is -0.127. The highest BCUT2D eigenvalue weighted by Crippen LogP contribution is 2.35. The Morgan fingerprint density at radius 3 is 2.46 bits per heavy atom. The fraction of sp³-hybridized carbons (Fsp3) is 0.172. The molecule has 212 valence electrons. The van der Waals surface area contributed by atoms with Crippen LogP contribution >= 0.6 is 23.4 Å². The molecule has 4 amide bonds. The van der Waals surface area contributed by atoms with Gasteiger partial charge in [0, 0.05) is 11.4 Å². The fourth-order valence-corrected chi connectivity index (χ4v) is 4.79. The molecule has 0 aromatic heterocycles. The third kappa shape index (κ3) is 7.86. The van der Waals surface area contributed by atoms with Crippen LogP contribution in [-0.4, -0.2) is 47.6 Å². The summed E-state index contributed by atoms with van der Waals surface area (Å²) >= 11 is 6.42. The number of nitrogens with one attached hydrogen (secondary N) is 2. The summed E-state index contributed by atoms with van der Waals surface area (Å²) in [6.07, 6.45) is 1.50. The summed E-state index contributed by atoms with van der Waals surface area (Å²) in [6.45, 7) is 3.25. The minimum atomic E-state index is -0.650. The lowest BCUT2D eigenvalue weighted by Crippen LogP contribution is -2.36. The Kier molecular flexibility index (Phi) is 9.64. The molecule has 9 nitrogen and oxygen atoms in total. The van der Waals surface area contributed by atoms with Crippen molar-refractivity contribution in [1.82, 2.24) is 4.90 Å². The Balaban J connectivity index is 1.40. The second-order valence-electron chi connectivity index (χ2n) is 8.79. The second-order valence-corrected chi connectivity index (χ2v) is 10.2. The summed E-state index contributed by atoms with van der Waals surface area (Å²) in [7, 11) is 0. The van der Waals surface area contributed by atoms with Gasteiger partial charge in [-0.1, -0.05) is 29.8 Å². The third-order valence-corrected chi connectivity index (χ3v) is 6.80. The van der Waals surface area contributed by atoms with Gasteiger partial charge in [-0.25, -0.2) is 4.39 Å². The van der Waals surface area contributed by atoms with Crippen molar-refractivity contribution in [2.24, 2.45) is 0 Å². The smallest absolute Gasteiger partial charge is 0.294 e. The average Bonchev–Trinajstić information content (AvgIpc) is 3.17. The Hall–Kier alpha value is -4.35. The Morgan fingerprint density at radius 2 is 1.73 bits per heavy atom. The highest BCUT2D eigenvalue weighted by atomic mass is 35.5. The first-order valence-electron chi connectivity index (χ1n) is 12.4. The van der Waals surface area contributed by atoms with Gasteiger partial charge in [0.15, 0.2) is 18.1 Å². The number of hydrogen-bond donors (Lipinski definition) is 2. The van der Waals surface area contributed by atoms with Crippen LogP contribution in [0.1, 0.15) is 18.1 Å². The van der Waals surface area contributed by atoms with E-state index in [-0.39, 0.29) is 28.1 Å². The van der Waals surface area contributed by atoms with Crippen LogP contribution in [0.25, 0.3) is 6.08 Å². The minimum absolute atomic E-state index is 0.112. The molecule has 41 heavy (non-hydrogen) atoms. The summed E-state index contributed by atoms with van der Waals surface area (Å²) in [4.78, 5) is 51.1. The van der Waals surface area contributed by atoms with Gasteiger partial charge in [0.2, 0.25) is 5.91 Å². The van der Waals surface area contributed by atoms with Crippen LogP contribution in [0, 0.1) is 12.7 Å². The molecule has 1 fully saturated rings. The van der Waals surface area contributed by atoms with E-state index in [1.165, 1.54) is 18.2 Å². The van der Waals surface area contributed by atoms with Gasteiger partial charge in [0.1, 0.15) is 12.4 Å². The first kappa shape index (κ1) is 29.6. The molecular weight excluding hydrogens is 573 g/mol. The number of carbonyl (C=O) groups excluding carboxylic acids is 4. The zero-order valence-corrected chi connectivity index (χ0v) is 23.6. The molecule has 0 bridgehead atoms. The van der Waals surface area contributed by atoms with Crippen molar-refractivity contribution in [3.8, 4) is 11.5 Å². The lowest BCUT2D eigenvalue weighted by Gasteiger charge is -2.13. The molecule has 4 rings (SSSR count). The van der Waals surface area contributed by atoms with Gasteiger partial charge < -0.3 is 20.1 Å². The van der Waals surface area contributed by atoms with Crippen LogP contribution in [0.5, 0.6) is 11.5 Å². The van der Waals surface area contributed by atoms with Crippen molar-refractivity contribution >= 4 is 63.8 Å². The molecule has 0 radical (unpaired) electrons. The topological polar surface area (TPSA) is 114 Å². The van der Waals surface area contributed by atoms with Gasteiger partial charge in [-0.05, 0) is 85.3 Å². The number of hydrogen-bond acceptors (Lipinski definition) is 7. The molecule has 1 heterocycles. The summed E-state index contributed by atoms with van der Waals surface area (Å²) in [5.41, 5.74) is 2.43. The van der Waals surface area contributed by atoms with Crippen LogP contribution in [0.3, 0.4) is 0 Å². The first-order valence-corrected chi connectivity index (χ1v) is 13.6. The number of imide groups is 1. The van der Waals surface area contributed by atoms with Crippen molar-refractivity contribution < 1.29 is 33.0 Å². The summed E-state index contributed by atoms with van der Waals surface area (Å²) in [5.74, 6) is -1.60. The fourth-order valence-electron chi connectivity index (χ4n) is 3.77. The number of carbonyl (C=O) groups is 4. The third-order valence-electron chi connectivity index (χ3n) is 5.60. The predicted octanol–water partition coefficient (Wildman–Crippen LogP) is 5.88. The molecule has 0 atom stereocenters. The van der Waals surface area contributed by atoms with Crippen molar-refractivity contribution in [3.05, 3.63) is 87.5 Å². The van der Waals surface area contributed by atoms with Gasteiger partial charge in [-0.2, -0.15) is 0 Å². The van der Waals surface area contributed by atoms with E-state index < -0.39 is 29.4 Å². The van der Waals surface area contributed by atoms with E-state index in [0.717, 1.165) is 16.5 Å². The molecule has 2 N–H and O–H groups in total. The maximum Gasteiger partial charge on any atom is 0.294 e. The quantitative estimate of drug-likeness (QED) is 0.281. The van der Waals surface area contributed by atoms with Crippen molar-refractivity contribution in [3.63, 3.8) is 0 Å².